The molecular formula is C15H14ClFN4. The number of imidazole rings is 1. The van der Waals surface area contributed by atoms with Crippen molar-refractivity contribution in [3.05, 3.63) is 53.6 Å². The predicted octanol–water partition coefficient (Wildman–Crippen LogP) is 3.10. The molecule has 1 aromatic carbocycles. The normalized spacial score (nSPS) is 11.2. The van der Waals surface area contributed by atoms with Crippen molar-refractivity contribution in [3.8, 4) is 0 Å². The lowest BCUT2D eigenvalue weighted by Gasteiger charge is -2.08. The lowest BCUT2D eigenvalue weighted by molar-refractivity contribution is 0.629. The minimum atomic E-state index is -0.289. The maximum absolute atomic E-state index is 13.3. The van der Waals surface area contributed by atoms with Crippen LogP contribution >= 0.6 is 11.6 Å². The van der Waals surface area contributed by atoms with Gasteiger partial charge in [0.05, 0.1) is 23.3 Å². The summed E-state index contributed by atoms with van der Waals surface area (Å²) in [5, 5.41) is 0. The molecule has 0 aliphatic carbocycles. The Labute approximate surface area is 126 Å². The number of aromatic nitrogens is 4. The van der Waals surface area contributed by atoms with Gasteiger partial charge in [-0.25, -0.2) is 19.3 Å². The smallest absolute Gasteiger partial charge is 0.125 e. The highest BCUT2D eigenvalue weighted by Gasteiger charge is 2.12. The zero-order valence-corrected chi connectivity index (χ0v) is 12.3. The van der Waals surface area contributed by atoms with Gasteiger partial charge < -0.3 is 4.57 Å². The molecule has 4 nitrogen and oxygen atoms in total. The third-order valence-corrected chi connectivity index (χ3v) is 3.45. The summed E-state index contributed by atoms with van der Waals surface area (Å²) in [5.74, 6) is 1.74. The zero-order chi connectivity index (χ0) is 14.8. The first-order valence-electron chi connectivity index (χ1n) is 6.66. The molecule has 0 atom stereocenters. The van der Waals surface area contributed by atoms with Crippen molar-refractivity contribution in [3.63, 3.8) is 0 Å². The van der Waals surface area contributed by atoms with Gasteiger partial charge in [-0.3, -0.25) is 0 Å². The summed E-state index contributed by atoms with van der Waals surface area (Å²) >= 11 is 5.84. The minimum Gasteiger partial charge on any atom is -0.322 e. The standard InChI is InChI=1S/C15H14ClFN4/c1-10-18-7-5-12(19-10)9-21-14-3-2-11(17)8-13(14)20-15(21)4-6-16/h2-3,5,7-8H,4,6,9H2,1H3. The summed E-state index contributed by atoms with van der Waals surface area (Å²) in [6.45, 7) is 2.42. The topological polar surface area (TPSA) is 43.6 Å². The lowest BCUT2D eigenvalue weighted by Crippen LogP contribution is -2.08. The summed E-state index contributed by atoms with van der Waals surface area (Å²) in [6, 6.07) is 6.49. The molecule has 0 aliphatic rings. The van der Waals surface area contributed by atoms with Crippen molar-refractivity contribution < 1.29 is 4.39 Å². The van der Waals surface area contributed by atoms with Gasteiger partial charge in [0.25, 0.3) is 0 Å². The summed E-state index contributed by atoms with van der Waals surface area (Å²) < 4.78 is 15.4. The van der Waals surface area contributed by atoms with E-state index in [2.05, 4.69) is 15.0 Å². The second kappa shape index (κ2) is 5.77. The Hall–Kier alpha value is -2.01. The van der Waals surface area contributed by atoms with Crippen LogP contribution in [0.25, 0.3) is 11.0 Å². The van der Waals surface area contributed by atoms with Gasteiger partial charge in [0.1, 0.15) is 17.5 Å². The Bertz CT molecular complexity index is 784. The fourth-order valence-electron chi connectivity index (χ4n) is 2.36. The van der Waals surface area contributed by atoms with E-state index in [-0.39, 0.29) is 5.82 Å². The maximum atomic E-state index is 13.3. The predicted molar refractivity (Wildman–Crippen MR) is 80.0 cm³/mol. The number of rotatable bonds is 4. The molecule has 0 unspecified atom stereocenters. The van der Waals surface area contributed by atoms with Gasteiger partial charge in [-0.1, -0.05) is 0 Å². The summed E-state index contributed by atoms with van der Waals surface area (Å²) in [6.07, 6.45) is 2.36. The van der Waals surface area contributed by atoms with E-state index in [9.17, 15) is 4.39 Å². The van der Waals surface area contributed by atoms with Gasteiger partial charge in [-0.05, 0) is 25.1 Å². The van der Waals surface area contributed by atoms with Crippen LogP contribution in [0.1, 0.15) is 17.3 Å². The third-order valence-electron chi connectivity index (χ3n) is 3.26. The fourth-order valence-corrected chi connectivity index (χ4v) is 2.53. The van der Waals surface area contributed by atoms with Crippen molar-refractivity contribution >= 4 is 22.6 Å². The first-order chi connectivity index (χ1) is 10.2. The number of aryl methyl sites for hydroxylation is 2. The first kappa shape index (κ1) is 13.9. The molecule has 0 fully saturated rings. The Morgan fingerprint density at radius 2 is 2.10 bits per heavy atom. The highest BCUT2D eigenvalue weighted by Crippen LogP contribution is 2.19. The van der Waals surface area contributed by atoms with Crippen LogP contribution < -0.4 is 0 Å². The summed E-state index contributed by atoms with van der Waals surface area (Å²) in [4.78, 5) is 13.0. The molecule has 0 saturated heterocycles. The molecule has 2 aromatic heterocycles. The largest absolute Gasteiger partial charge is 0.322 e. The van der Waals surface area contributed by atoms with E-state index in [1.165, 1.54) is 12.1 Å². The summed E-state index contributed by atoms with van der Waals surface area (Å²) in [5.41, 5.74) is 2.41. The number of halogens is 2. The SMILES string of the molecule is Cc1nccc(Cn2c(CCCl)nc3cc(F)ccc32)n1. The van der Waals surface area contributed by atoms with Gasteiger partial charge in [0.2, 0.25) is 0 Å². The number of alkyl halides is 1. The molecule has 0 spiro atoms. The Morgan fingerprint density at radius 3 is 2.86 bits per heavy atom. The van der Waals surface area contributed by atoms with E-state index in [1.54, 1.807) is 12.3 Å². The van der Waals surface area contributed by atoms with E-state index in [1.807, 2.05) is 17.6 Å². The van der Waals surface area contributed by atoms with Gasteiger partial charge in [-0.2, -0.15) is 0 Å². The molecule has 21 heavy (non-hydrogen) atoms. The number of nitrogens with zero attached hydrogens (tertiary/aromatic N) is 4. The molecule has 0 amide bonds. The number of benzene rings is 1. The van der Waals surface area contributed by atoms with Crippen LogP contribution in [0.5, 0.6) is 0 Å². The quantitative estimate of drug-likeness (QED) is 0.696. The molecule has 6 heteroatoms. The second-order valence-corrected chi connectivity index (χ2v) is 5.16. The van der Waals surface area contributed by atoms with Crippen molar-refractivity contribution in [2.24, 2.45) is 0 Å². The molecular weight excluding hydrogens is 291 g/mol. The van der Waals surface area contributed by atoms with E-state index >= 15 is 0 Å². The number of hydrogen-bond donors (Lipinski definition) is 0. The van der Waals surface area contributed by atoms with Gasteiger partial charge in [-0.15, -0.1) is 11.6 Å². The average Bonchev–Trinajstić information content (AvgIpc) is 2.76. The van der Waals surface area contributed by atoms with Gasteiger partial charge in [0.15, 0.2) is 0 Å². The van der Waals surface area contributed by atoms with Crippen LogP contribution in [0.3, 0.4) is 0 Å². The fraction of sp³-hybridized carbons (Fsp3) is 0.267. The lowest BCUT2D eigenvalue weighted by atomic mass is 10.3. The molecule has 108 valence electrons. The van der Waals surface area contributed by atoms with Crippen molar-refractivity contribution in [2.75, 3.05) is 5.88 Å². The van der Waals surface area contributed by atoms with E-state index in [0.717, 1.165) is 22.9 Å². The van der Waals surface area contributed by atoms with Crippen LogP contribution in [-0.4, -0.2) is 25.4 Å². The van der Waals surface area contributed by atoms with E-state index in [0.29, 0.717) is 24.4 Å². The van der Waals surface area contributed by atoms with Gasteiger partial charge in [0, 0.05) is 24.6 Å². The molecule has 3 rings (SSSR count). The Kier molecular flexibility index (Phi) is 3.84. The number of fused-ring (bicyclic) bond motifs is 1. The monoisotopic (exact) mass is 304 g/mol. The molecule has 0 bridgehead atoms. The Balaban J connectivity index is 2.08. The van der Waals surface area contributed by atoms with Crippen molar-refractivity contribution in [1.82, 2.24) is 19.5 Å². The molecule has 0 radical (unpaired) electrons. The van der Waals surface area contributed by atoms with E-state index in [4.69, 9.17) is 11.6 Å². The second-order valence-electron chi connectivity index (χ2n) is 4.78. The van der Waals surface area contributed by atoms with Crippen molar-refractivity contribution in [1.29, 1.82) is 0 Å². The van der Waals surface area contributed by atoms with E-state index < -0.39 is 0 Å². The molecule has 0 N–H and O–H groups in total. The number of hydrogen-bond acceptors (Lipinski definition) is 3. The van der Waals surface area contributed by atoms with Gasteiger partial charge >= 0.3 is 0 Å². The summed E-state index contributed by atoms with van der Waals surface area (Å²) in [7, 11) is 0. The van der Waals surface area contributed by atoms with Crippen molar-refractivity contribution in [2.45, 2.75) is 19.9 Å². The highest BCUT2D eigenvalue weighted by atomic mass is 35.5. The molecule has 0 aliphatic heterocycles. The molecule has 3 aromatic rings. The molecule has 0 saturated carbocycles. The third kappa shape index (κ3) is 2.88. The Morgan fingerprint density at radius 1 is 1.24 bits per heavy atom. The minimum absolute atomic E-state index is 0.289. The molecule has 2 heterocycles. The average molecular weight is 305 g/mol. The van der Waals surface area contributed by atoms with Crippen LogP contribution in [-0.2, 0) is 13.0 Å². The van der Waals surface area contributed by atoms with Crippen LogP contribution in [0, 0.1) is 12.7 Å². The maximum Gasteiger partial charge on any atom is 0.125 e. The van der Waals surface area contributed by atoms with Crippen LogP contribution in [0.15, 0.2) is 30.5 Å². The van der Waals surface area contributed by atoms with Crippen LogP contribution in [0.4, 0.5) is 4.39 Å². The highest BCUT2D eigenvalue weighted by molar-refractivity contribution is 6.17. The zero-order valence-electron chi connectivity index (χ0n) is 11.6. The first-order valence-corrected chi connectivity index (χ1v) is 7.20. The van der Waals surface area contributed by atoms with Crippen LogP contribution in [0.2, 0.25) is 0 Å².